The first-order valence-electron chi connectivity index (χ1n) is 9.00. The fraction of sp³-hybridized carbons (Fsp3) is 0.350. The molecule has 1 aromatic heterocycles. The van der Waals surface area contributed by atoms with Crippen molar-refractivity contribution in [2.45, 2.75) is 39.8 Å². The fourth-order valence-electron chi connectivity index (χ4n) is 2.55. The molecule has 29 heavy (non-hydrogen) atoms. The van der Waals surface area contributed by atoms with E-state index in [1.54, 1.807) is 26.0 Å². The van der Waals surface area contributed by atoms with Crippen molar-refractivity contribution in [1.29, 1.82) is 5.26 Å². The topological polar surface area (TPSA) is 137 Å². The molecule has 9 nitrogen and oxygen atoms in total. The monoisotopic (exact) mass is 398 g/mol. The number of ether oxygens (including phenoxy) is 1. The predicted octanol–water partition coefficient (Wildman–Crippen LogP) is 3.10. The largest absolute Gasteiger partial charge is 0.493 e. The highest BCUT2D eigenvalue weighted by atomic mass is 16.5. The molecule has 0 amide bonds. The molecule has 0 saturated carbocycles. The number of carbonyl (C=O) groups excluding carboxylic acids is 1. The molecule has 9 heteroatoms. The van der Waals surface area contributed by atoms with Gasteiger partial charge in [-0.05, 0) is 51.5 Å². The molecule has 0 aliphatic rings. The molecule has 0 radical (unpaired) electrons. The van der Waals surface area contributed by atoms with Gasteiger partial charge in [-0.15, -0.1) is 5.11 Å². The number of aromatic nitrogens is 1. The van der Waals surface area contributed by atoms with Crippen molar-refractivity contribution >= 4 is 17.3 Å². The third-order valence-electron chi connectivity index (χ3n) is 4.02. The van der Waals surface area contributed by atoms with Gasteiger partial charge in [0, 0.05) is 18.7 Å². The summed E-state index contributed by atoms with van der Waals surface area (Å²) in [5, 5.41) is 36.4. The highest BCUT2D eigenvalue weighted by Gasteiger charge is 2.19. The Labute approximate surface area is 167 Å². The lowest BCUT2D eigenvalue weighted by Gasteiger charge is -2.12. The van der Waals surface area contributed by atoms with Crippen LogP contribution < -0.4 is 5.56 Å². The van der Waals surface area contributed by atoms with Crippen molar-refractivity contribution in [3.63, 3.8) is 0 Å². The number of aliphatic hydroxyl groups is 1. The minimum absolute atomic E-state index is 0.0330. The number of nitrogens with zero attached hydrogens (tertiary/aromatic N) is 4. The normalized spacial score (nSPS) is 11.0. The summed E-state index contributed by atoms with van der Waals surface area (Å²) in [5.41, 5.74) is 0.170. The molecule has 0 atom stereocenters. The maximum atomic E-state index is 12.6. The summed E-state index contributed by atoms with van der Waals surface area (Å²) >= 11 is 0. The molecule has 0 aliphatic carbocycles. The van der Waals surface area contributed by atoms with Gasteiger partial charge in [-0.3, -0.25) is 9.36 Å². The zero-order valence-electron chi connectivity index (χ0n) is 16.4. The van der Waals surface area contributed by atoms with Crippen LogP contribution in [0.25, 0.3) is 0 Å². The van der Waals surface area contributed by atoms with Gasteiger partial charge in [-0.2, -0.15) is 10.4 Å². The molecule has 2 rings (SSSR count). The third-order valence-corrected chi connectivity index (χ3v) is 4.02. The number of pyridine rings is 1. The van der Waals surface area contributed by atoms with Gasteiger partial charge in [-0.25, -0.2) is 4.79 Å². The Kier molecular flexibility index (Phi) is 7.22. The molecular formula is C20H22N4O5. The van der Waals surface area contributed by atoms with Crippen LogP contribution in [0.15, 0.2) is 39.3 Å². The van der Waals surface area contributed by atoms with Crippen molar-refractivity contribution in [2.24, 2.45) is 10.2 Å². The maximum absolute atomic E-state index is 12.6. The van der Waals surface area contributed by atoms with E-state index in [2.05, 4.69) is 10.2 Å². The number of aliphatic hydroxyl groups excluding tert-OH is 1. The number of carbonyl (C=O) groups is 1. The molecule has 0 saturated heterocycles. The molecule has 0 aliphatic heterocycles. The van der Waals surface area contributed by atoms with Gasteiger partial charge in [0.25, 0.3) is 5.56 Å². The average Bonchev–Trinajstić information content (AvgIpc) is 2.68. The van der Waals surface area contributed by atoms with Crippen LogP contribution in [0.5, 0.6) is 5.88 Å². The Bertz CT molecular complexity index is 1020. The first kappa shape index (κ1) is 21.8. The number of hydrogen-bond acceptors (Lipinski definition) is 8. The van der Waals surface area contributed by atoms with E-state index in [-0.39, 0.29) is 42.5 Å². The van der Waals surface area contributed by atoms with Gasteiger partial charge in [0.05, 0.1) is 17.4 Å². The van der Waals surface area contributed by atoms with Crippen molar-refractivity contribution < 1.29 is 19.7 Å². The summed E-state index contributed by atoms with van der Waals surface area (Å²) in [6, 6.07) is 8.01. The molecule has 1 heterocycles. The van der Waals surface area contributed by atoms with Gasteiger partial charge in [0.15, 0.2) is 5.69 Å². The lowest BCUT2D eigenvalue weighted by Crippen LogP contribution is -2.22. The van der Waals surface area contributed by atoms with E-state index in [1.165, 1.54) is 19.1 Å². The highest BCUT2D eigenvalue weighted by Crippen LogP contribution is 2.27. The van der Waals surface area contributed by atoms with Crippen LogP contribution in [0.1, 0.15) is 41.8 Å². The number of rotatable bonds is 7. The number of azo groups is 1. The first-order valence-corrected chi connectivity index (χ1v) is 9.00. The molecule has 2 aromatic rings. The number of aromatic hydroxyl groups is 1. The first-order chi connectivity index (χ1) is 13.8. The molecule has 0 bridgehead atoms. The molecule has 152 valence electrons. The Morgan fingerprint density at radius 2 is 1.93 bits per heavy atom. The Morgan fingerprint density at radius 1 is 1.28 bits per heavy atom. The van der Waals surface area contributed by atoms with Crippen LogP contribution in [0, 0.1) is 18.3 Å². The quantitative estimate of drug-likeness (QED) is 0.543. The minimum atomic E-state index is -0.617. The number of nitriles is 1. The predicted molar refractivity (Wildman–Crippen MR) is 105 cm³/mol. The lowest BCUT2D eigenvalue weighted by atomic mass is 10.1. The smallest absolute Gasteiger partial charge is 0.338 e. The second kappa shape index (κ2) is 9.61. The summed E-state index contributed by atoms with van der Waals surface area (Å²) in [4.78, 5) is 24.5. The van der Waals surface area contributed by atoms with Crippen LogP contribution in [0.3, 0.4) is 0 Å². The number of esters is 1. The van der Waals surface area contributed by atoms with E-state index in [0.717, 1.165) is 4.57 Å². The summed E-state index contributed by atoms with van der Waals surface area (Å²) < 4.78 is 6.10. The van der Waals surface area contributed by atoms with E-state index in [9.17, 15) is 20.0 Å². The van der Waals surface area contributed by atoms with Gasteiger partial charge in [0.2, 0.25) is 5.88 Å². The Hall–Kier alpha value is -3.51. The lowest BCUT2D eigenvalue weighted by molar-refractivity contribution is 0.0378. The molecule has 0 fully saturated rings. The summed E-state index contributed by atoms with van der Waals surface area (Å²) in [6.07, 6.45) is -0.00647. The van der Waals surface area contributed by atoms with Gasteiger partial charge in [0.1, 0.15) is 11.6 Å². The number of hydrogen-bond donors (Lipinski definition) is 2. The van der Waals surface area contributed by atoms with Gasteiger partial charge < -0.3 is 14.9 Å². The zero-order valence-corrected chi connectivity index (χ0v) is 16.4. The van der Waals surface area contributed by atoms with E-state index in [4.69, 9.17) is 9.84 Å². The van der Waals surface area contributed by atoms with E-state index in [0.29, 0.717) is 11.3 Å². The van der Waals surface area contributed by atoms with E-state index < -0.39 is 17.4 Å². The van der Waals surface area contributed by atoms with Crippen molar-refractivity contribution in [3.8, 4) is 11.9 Å². The van der Waals surface area contributed by atoms with Crippen LogP contribution in [0.2, 0.25) is 0 Å². The second-order valence-corrected chi connectivity index (χ2v) is 6.52. The van der Waals surface area contributed by atoms with Gasteiger partial charge in [-0.1, -0.05) is 0 Å². The third kappa shape index (κ3) is 5.06. The summed E-state index contributed by atoms with van der Waals surface area (Å²) in [5.74, 6) is -0.918. The second-order valence-electron chi connectivity index (χ2n) is 6.52. The SMILES string of the molecule is Cc1c(C#N)c(O)n(CCCO)c(=O)c1N=Nc1ccc(C(=O)OC(C)C)cc1. The molecule has 2 N–H and O–H groups in total. The Balaban J connectivity index is 2.38. The van der Waals surface area contributed by atoms with Crippen LogP contribution in [0.4, 0.5) is 11.4 Å². The van der Waals surface area contributed by atoms with E-state index >= 15 is 0 Å². The average molecular weight is 398 g/mol. The Morgan fingerprint density at radius 3 is 2.48 bits per heavy atom. The molecular weight excluding hydrogens is 376 g/mol. The summed E-state index contributed by atoms with van der Waals surface area (Å²) in [7, 11) is 0. The molecule has 0 unspecified atom stereocenters. The van der Waals surface area contributed by atoms with Gasteiger partial charge >= 0.3 is 5.97 Å². The van der Waals surface area contributed by atoms with Crippen LogP contribution in [-0.2, 0) is 11.3 Å². The van der Waals surface area contributed by atoms with Crippen LogP contribution >= 0.6 is 0 Å². The van der Waals surface area contributed by atoms with Crippen molar-refractivity contribution in [1.82, 2.24) is 4.57 Å². The number of benzene rings is 1. The molecule has 1 aromatic carbocycles. The van der Waals surface area contributed by atoms with Crippen molar-refractivity contribution in [3.05, 3.63) is 51.3 Å². The van der Waals surface area contributed by atoms with Crippen LogP contribution in [-0.4, -0.2) is 33.5 Å². The minimum Gasteiger partial charge on any atom is -0.493 e. The van der Waals surface area contributed by atoms with E-state index in [1.807, 2.05) is 6.07 Å². The molecule has 0 spiro atoms. The fourth-order valence-corrected chi connectivity index (χ4v) is 2.55. The van der Waals surface area contributed by atoms with Crippen molar-refractivity contribution in [2.75, 3.05) is 6.61 Å². The standard InChI is InChI=1S/C20H22N4O5/c1-12(2)29-20(28)14-5-7-15(8-6-14)22-23-17-13(3)16(11-21)18(26)24(19(17)27)9-4-10-25/h5-8,12,25-26H,4,9-10H2,1-3H3. The highest BCUT2D eigenvalue weighted by molar-refractivity contribution is 5.89. The maximum Gasteiger partial charge on any atom is 0.338 e. The zero-order chi connectivity index (χ0) is 21.6. The summed E-state index contributed by atoms with van der Waals surface area (Å²) in [6.45, 7) is 4.86.